The highest BCUT2D eigenvalue weighted by atomic mass is 19.1. The number of benzene rings is 1. The molecule has 4 rings (SSSR count). The van der Waals surface area contributed by atoms with E-state index >= 15 is 4.39 Å². The van der Waals surface area contributed by atoms with Crippen molar-refractivity contribution in [3.8, 4) is 0 Å². The van der Waals surface area contributed by atoms with Gasteiger partial charge in [0, 0.05) is 26.4 Å². The Morgan fingerprint density at radius 2 is 2.06 bits per heavy atom. The number of amides is 2. The molecule has 0 radical (unpaired) electrons. The Hall–Kier alpha value is -3.53. The van der Waals surface area contributed by atoms with E-state index in [4.69, 9.17) is 9.47 Å². The summed E-state index contributed by atoms with van der Waals surface area (Å²) in [5, 5.41) is 3.12. The van der Waals surface area contributed by atoms with Crippen molar-refractivity contribution >= 4 is 23.8 Å². The molecular weight excluding hydrogens is 465 g/mol. The lowest BCUT2D eigenvalue weighted by molar-refractivity contribution is 0.0348. The summed E-state index contributed by atoms with van der Waals surface area (Å²) < 4.78 is 25.6. The molecule has 3 heterocycles. The fourth-order valence-electron chi connectivity index (χ4n) is 4.52. The molecule has 36 heavy (non-hydrogen) atoms. The van der Waals surface area contributed by atoms with Crippen LogP contribution in [0.3, 0.4) is 0 Å². The third-order valence-corrected chi connectivity index (χ3v) is 6.73. The number of hydrogen-bond donors (Lipinski definition) is 1. The number of likely N-dealkylation sites (tertiary alicyclic amines) is 1. The number of hydrogen-bond acceptors (Lipinski definition) is 7. The van der Waals surface area contributed by atoms with Gasteiger partial charge in [-0.15, -0.1) is 6.58 Å². The molecule has 1 N–H and O–H groups in total. The highest BCUT2D eigenvalue weighted by molar-refractivity contribution is 5.94. The van der Waals surface area contributed by atoms with Gasteiger partial charge in [-0.05, 0) is 42.5 Å². The maximum atomic E-state index is 15.0. The molecule has 2 fully saturated rings. The van der Waals surface area contributed by atoms with Crippen molar-refractivity contribution in [3.63, 3.8) is 0 Å². The standard InChI is InChI=1S/C26H32FN5O4/c1-5-21(29-25-28-11-8-23(30-25)32-22(16(2)3)15-36-26(32)34)17-6-7-19(20(27)14-17)24(33)31-12-9-18(35-4)10-13-31/h5-8,11,14,16,18,21-22H,1,9-10,12-13,15H2,2-4H3,(H,28,29,30). The molecule has 0 bridgehead atoms. The van der Waals surface area contributed by atoms with E-state index in [0.29, 0.717) is 31.1 Å². The van der Waals surface area contributed by atoms with Crippen LogP contribution in [0.4, 0.5) is 21.0 Å². The molecule has 1 aromatic carbocycles. The average molecular weight is 498 g/mol. The zero-order valence-electron chi connectivity index (χ0n) is 20.8. The zero-order chi connectivity index (χ0) is 25.8. The van der Waals surface area contributed by atoms with E-state index < -0.39 is 18.0 Å². The van der Waals surface area contributed by atoms with Gasteiger partial charge in [-0.3, -0.25) is 9.69 Å². The minimum atomic E-state index is -0.603. The van der Waals surface area contributed by atoms with Gasteiger partial charge in [-0.2, -0.15) is 4.98 Å². The number of cyclic esters (lactones) is 1. The van der Waals surface area contributed by atoms with Crippen LogP contribution in [-0.2, 0) is 9.47 Å². The highest BCUT2D eigenvalue weighted by Gasteiger charge is 2.37. The van der Waals surface area contributed by atoms with Crippen molar-refractivity contribution in [2.45, 2.75) is 44.9 Å². The van der Waals surface area contributed by atoms with Gasteiger partial charge in [0.05, 0.1) is 23.8 Å². The zero-order valence-corrected chi connectivity index (χ0v) is 20.8. The number of nitrogens with zero attached hydrogens (tertiary/aromatic N) is 4. The minimum absolute atomic E-state index is 0.0305. The first-order valence-corrected chi connectivity index (χ1v) is 12.1. The fourth-order valence-corrected chi connectivity index (χ4v) is 4.52. The van der Waals surface area contributed by atoms with Gasteiger partial charge in [0.15, 0.2) is 0 Å². The average Bonchev–Trinajstić information content (AvgIpc) is 3.28. The first-order chi connectivity index (χ1) is 17.3. The molecule has 2 aliphatic rings. The summed E-state index contributed by atoms with van der Waals surface area (Å²) in [4.78, 5) is 37.1. The third kappa shape index (κ3) is 5.33. The number of anilines is 2. The van der Waals surface area contributed by atoms with Crippen molar-refractivity contribution < 1.29 is 23.5 Å². The topological polar surface area (TPSA) is 96.9 Å². The molecule has 2 amide bonds. The number of carbonyl (C=O) groups excluding carboxylic acids is 2. The second kappa shape index (κ2) is 11.0. The van der Waals surface area contributed by atoms with Gasteiger partial charge >= 0.3 is 6.09 Å². The molecule has 10 heteroatoms. The van der Waals surface area contributed by atoms with E-state index in [0.717, 1.165) is 12.8 Å². The first kappa shape index (κ1) is 25.6. The number of nitrogens with one attached hydrogen (secondary N) is 1. The van der Waals surface area contributed by atoms with Gasteiger partial charge in [0.25, 0.3) is 5.91 Å². The molecule has 0 aliphatic carbocycles. The molecule has 1 aromatic heterocycles. The molecule has 9 nitrogen and oxygen atoms in total. The van der Waals surface area contributed by atoms with Crippen LogP contribution in [0, 0.1) is 11.7 Å². The van der Waals surface area contributed by atoms with Crippen LogP contribution in [0.5, 0.6) is 0 Å². The lowest BCUT2D eigenvalue weighted by atomic mass is 10.0. The maximum Gasteiger partial charge on any atom is 0.415 e. The largest absolute Gasteiger partial charge is 0.447 e. The predicted octanol–water partition coefficient (Wildman–Crippen LogP) is 4.19. The molecule has 0 saturated carbocycles. The monoisotopic (exact) mass is 497 g/mol. The van der Waals surface area contributed by atoms with Crippen LogP contribution < -0.4 is 10.2 Å². The second-order valence-electron chi connectivity index (χ2n) is 9.32. The Balaban J connectivity index is 1.49. The van der Waals surface area contributed by atoms with E-state index in [-0.39, 0.29) is 35.5 Å². The van der Waals surface area contributed by atoms with Crippen molar-refractivity contribution in [1.29, 1.82) is 0 Å². The number of ether oxygens (including phenoxy) is 2. The molecule has 192 valence electrons. The van der Waals surface area contributed by atoms with Crippen LogP contribution in [-0.4, -0.2) is 65.8 Å². The minimum Gasteiger partial charge on any atom is -0.447 e. The molecule has 2 aliphatic heterocycles. The highest BCUT2D eigenvalue weighted by Crippen LogP contribution is 2.28. The summed E-state index contributed by atoms with van der Waals surface area (Å²) in [6.07, 6.45) is 4.29. The lowest BCUT2D eigenvalue weighted by Crippen LogP contribution is -2.40. The lowest BCUT2D eigenvalue weighted by Gasteiger charge is -2.31. The Bertz CT molecular complexity index is 1120. The number of piperidine rings is 1. The number of rotatable bonds is 8. The number of aromatic nitrogens is 2. The van der Waals surface area contributed by atoms with Crippen LogP contribution >= 0.6 is 0 Å². The fraction of sp³-hybridized carbons (Fsp3) is 0.462. The Labute approximate surface area is 210 Å². The van der Waals surface area contributed by atoms with Gasteiger partial charge in [-0.25, -0.2) is 14.2 Å². The quantitative estimate of drug-likeness (QED) is 0.547. The Kier molecular flexibility index (Phi) is 7.83. The van der Waals surface area contributed by atoms with E-state index in [2.05, 4.69) is 21.9 Å². The second-order valence-corrected chi connectivity index (χ2v) is 9.32. The molecular formula is C26H32FN5O4. The summed E-state index contributed by atoms with van der Waals surface area (Å²) in [6.45, 7) is 9.23. The summed E-state index contributed by atoms with van der Waals surface area (Å²) in [5.41, 5.74) is 0.592. The summed E-state index contributed by atoms with van der Waals surface area (Å²) in [6, 6.07) is 5.50. The van der Waals surface area contributed by atoms with Crippen molar-refractivity contribution in [2.24, 2.45) is 5.92 Å². The van der Waals surface area contributed by atoms with E-state index in [9.17, 15) is 9.59 Å². The number of halogens is 1. The van der Waals surface area contributed by atoms with Gasteiger partial charge in [0.1, 0.15) is 18.2 Å². The SMILES string of the molecule is C=CC(Nc1nccc(N2C(=O)OCC2C(C)C)n1)c1ccc(C(=O)N2CCC(OC)CC2)c(F)c1. The number of carbonyl (C=O) groups is 2. The smallest absolute Gasteiger partial charge is 0.415 e. The van der Waals surface area contributed by atoms with E-state index in [1.807, 2.05) is 13.8 Å². The van der Waals surface area contributed by atoms with Crippen LogP contribution in [0.15, 0.2) is 43.1 Å². The van der Waals surface area contributed by atoms with Gasteiger partial charge in [-0.1, -0.05) is 26.0 Å². The first-order valence-electron chi connectivity index (χ1n) is 12.1. The van der Waals surface area contributed by atoms with Crippen LogP contribution in [0.25, 0.3) is 0 Å². The van der Waals surface area contributed by atoms with E-state index in [1.165, 1.54) is 17.0 Å². The van der Waals surface area contributed by atoms with Crippen molar-refractivity contribution in [2.75, 3.05) is 37.0 Å². The molecule has 2 saturated heterocycles. The molecule has 2 atom stereocenters. The molecule has 0 spiro atoms. The molecule has 2 aromatic rings. The Morgan fingerprint density at radius 3 is 2.69 bits per heavy atom. The maximum absolute atomic E-state index is 15.0. The van der Waals surface area contributed by atoms with Crippen LogP contribution in [0.1, 0.15) is 48.7 Å². The van der Waals surface area contributed by atoms with Crippen LogP contribution in [0.2, 0.25) is 0 Å². The Morgan fingerprint density at radius 1 is 1.31 bits per heavy atom. The predicted molar refractivity (Wildman–Crippen MR) is 133 cm³/mol. The van der Waals surface area contributed by atoms with Gasteiger partial charge < -0.3 is 19.7 Å². The van der Waals surface area contributed by atoms with Gasteiger partial charge in [0.2, 0.25) is 5.95 Å². The van der Waals surface area contributed by atoms with Crippen molar-refractivity contribution in [1.82, 2.24) is 14.9 Å². The molecule has 2 unspecified atom stereocenters. The summed E-state index contributed by atoms with van der Waals surface area (Å²) >= 11 is 0. The summed E-state index contributed by atoms with van der Waals surface area (Å²) in [7, 11) is 1.66. The third-order valence-electron chi connectivity index (χ3n) is 6.73. The normalized spacial score (nSPS) is 19.4. The summed E-state index contributed by atoms with van der Waals surface area (Å²) in [5.74, 6) is -0.0828. The van der Waals surface area contributed by atoms with E-state index in [1.54, 1.807) is 36.4 Å². The number of methoxy groups -OCH3 is 1. The van der Waals surface area contributed by atoms with Crippen molar-refractivity contribution in [3.05, 3.63) is 60.1 Å².